The van der Waals surface area contributed by atoms with Gasteiger partial charge in [-0.05, 0) is 34.6 Å². The molecule has 0 atom stereocenters. The number of carbonyl (C=O) groups excluding carboxylic acids is 2. The van der Waals surface area contributed by atoms with Gasteiger partial charge in [0, 0.05) is 19.6 Å². The molecular formula is C15H31FN2O4. The molecule has 0 heterocycles. The van der Waals surface area contributed by atoms with Gasteiger partial charge < -0.3 is 15.2 Å². The van der Waals surface area contributed by atoms with Gasteiger partial charge in [0.2, 0.25) is 0 Å². The highest BCUT2D eigenvalue weighted by Crippen LogP contribution is 2.08. The molecular weight excluding hydrogens is 291 g/mol. The number of hydrogen-bond donors (Lipinski definition) is 1. The third kappa shape index (κ3) is 15.2. The quantitative estimate of drug-likeness (QED) is 0.682. The van der Waals surface area contributed by atoms with E-state index in [2.05, 4.69) is 0 Å². The topological polar surface area (TPSA) is 81.9 Å². The number of ether oxygens (including phenoxy) is 2. The van der Waals surface area contributed by atoms with Crippen LogP contribution in [0.25, 0.3) is 0 Å². The van der Waals surface area contributed by atoms with Crippen LogP contribution in [0.1, 0.15) is 41.0 Å². The molecule has 0 aliphatic rings. The number of esters is 2. The van der Waals surface area contributed by atoms with Gasteiger partial charge >= 0.3 is 11.9 Å². The molecule has 2 N–H and O–H groups in total. The summed E-state index contributed by atoms with van der Waals surface area (Å²) in [5.41, 5.74) is 5.01. The zero-order chi connectivity index (χ0) is 17.8. The van der Waals surface area contributed by atoms with Gasteiger partial charge in [-0.25, -0.2) is 0 Å². The molecule has 0 unspecified atom stereocenters. The van der Waals surface area contributed by atoms with Gasteiger partial charge in [-0.1, -0.05) is 0 Å². The zero-order valence-corrected chi connectivity index (χ0v) is 14.6. The molecule has 0 aliphatic heterocycles. The number of hydrogen-bond acceptors (Lipinski definition) is 6. The smallest absolute Gasteiger partial charge is 0.320 e. The third-order valence-electron chi connectivity index (χ3n) is 2.22. The maximum atomic E-state index is 11.6. The number of nitrogens with zero attached hydrogens (tertiary/aromatic N) is 1. The molecule has 22 heavy (non-hydrogen) atoms. The van der Waals surface area contributed by atoms with Gasteiger partial charge in [-0.2, -0.15) is 0 Å². The zero-order valence-electron chi connectivity index (χ0n) is 14.6. The SMILES string of the molecule is CC(C)OC(=O)CN(CCN)CCC(=O)OC(C)(C)C.CF. The Morgan fingerprint density at radius 2 is 1.68 bits per heavy atom. The fourth-order valence-corrected chi connectivity index (χ4v) is 1.58. The molecule has 7 heteroatoms. The van der Waals surface area contributed by atoms with Gasteiger partial charge in [-0.3, -0.25) is 18.9 Å². The molecule has 0 aliphatic carbocycles. The molecule has 0 aromatic heterocycles. The van der Waals surface area contributed by atoms with Crippen molar-refractivity contribution in [1.29, 1.82) is 0 Å². The molecule has 0 spiro atoms. The van der Waals surface area contributed by atoms with Crippen LogP contribution in [-0.2, 0) is 19.1 Å². The van der Waals surface area contributed by atoms with E-state index in [4.69, 9.17) is 15.2 Å². The largest absolute Gasteiger partial charge is 0.462 e. The van der Waals surface area contributed by atoms with E-state index in [0.29, 0.717) is 26.8 Å². The van der Waals surface area contributed by atoms with Gasteiger partial charge in [0.1, 0.15) is 5.60 Å². The minimum absolute atomic E-state index is 0.137. The Bertz CT molecular complexity index is 317. The Kier molecular flexibility index (Phi) is 12.9. The predicted octanol–water partition coefficient (Wildman–Crippen LogP) is 1.52. The van der Waals surface area contributed by atoms with Crippen molar-refractivity contribution < 1.29 is 23.5 Å². The van der Waals surface area contributed by atoms with Crippen molar-refractivity contribution in [2.75, 3.05) is 33.4 Å². The van der Waals surface area contributed by atoms with Crippen LogP contribution in [-0.4, -0.2) is 61.9 Å². The summed E-state index contributed by atoms with van der Waals surface area (Å²) in [4.78, 5) is 25.0. The standard InChI is InChI=1S/C14H28N2O4.CH3F/c1-11(2)19-13(18)10-16(9-7-15)8-6-12(17)20-14(3,4)5;1-2/h11H,6-10,15H2,1-5H3;1H3. The lowest BCUT2D eigenvalue weighted by atomic mass is 10.2. The van der Waals surface area contributed by atoms with Gasteiger partial charge in [0.15, 0.2) is 0 Å². The van der Waals surface area contributed by atoms with Gasteiger partial charge in [-0.15, -0.1) is 0 Å². The van der Waals surface area contributed by atoms with Crippen LogP contribution in [0.15, 0.2) is 0 Å². The fraction of sp³-hybridized carbons (Fsp3) is 0.867. The number of rotatable bonds is 8. The molecule has 0 fully saturated rings. The Balaban J connectivity index is 0. The van der Waals surface area contributed by atoms with Crippen molar-refractivity contribution in [3.63, 3.8) is 0 Å². The fourth-order valence-electron chi connectivity index (χ4n) is 1.58. The van der Waals surface area contributed by atoms with E-state index in [1.807, 2.05) is 20.8 Å². The first-order valence-corrected chi connectivity index (χ1v) is 7.35. The third-order valence-corrected chi connectivity index (χ3v) is 2.22. The maximum absolute atomic E-state index is 11.6. The lowest BCUT2D eigenvalue weighted by Crippen LogP contribution is -2.37. The van der Waals surface area contributed by atoms with Crippen molar-refractivity contribution >= 4 is 11.9 Å². The molecule has 0 radical (unpaired) electrons. The summed E-state index contributed by atoms with van der Waals surface area (Å²) >= 11 is 0. The summed E-state index contributed by atoms with van der Waals surface area (Å²) in [7, 11) is 0.500. The first-order valence-electron chi connectivity index (χ1n) is 7.35. The van der Waals surface area contributed by atoms with E-state index in [0.717, 1.165) is 0 Å². The van der Waals surface area contributed by atoms with Crippen LogP contribution < -0.4 is 5.73 Å². The van der Waals surface area contributed by atoms with Gasteiger partial charge in [0.05, 0.1) is 26.2 Å². The monoisotopic (exact) mass is 322 g/mol. The Morgan fingerprint density at radius 1 is 1.14 bits per heavy atom. The number of halogens is 1. The Labute approximate surface area is 133 Å². The van der Waals surface area contributed by atoms with Crippen LogP contribution in [0.3, 0.4) is 0 Å². The van der Waals surface area contributed by atoms with Crippen LogP contribution in [0, 0.1) is 0 Å². The summed E-state index contributed by atoms with van der Waals surface area (Å²) in [6, 6.07) is 0. The second kappa shape index (κ2) is 12.3. The van der Waals surface area contributed by atoms with Crippen LogP contribution >= 0.6 is 0 Å². The average molecular weight is 322 g/mol. The molecule has 0 amide bonds. The molecule has 6 nitrogen and oxygen atoms in total. The molecule has 0 saturated carbocycles. The van der Waals surface area contributed by atoms with E-state index in [-0.39, 0.29) is 31.0 Å². The first-order chi connectivity index (χ1) is 10.1. The van der Waals surface area contributed by atoms with E-state index >= 15 is 0 Å². The van der Waals surface area contributed by atoms with Crippen molar-refractivity contribution in [2.45, 2.75) is 52.7 Å². The summed E-state index contributed by atoms with van der Waals surface area (Å²) < 4.78 is 19.8. The normalized spacial score (nSPS) is 11.0. The molecule has 132 valence electrons. The van der Waals surface area contributed by atoms with Crippen molar-refractivity contribution in [1.82, 2.24) is 4.90 Å². The second-order valence-corrected chi connectivity index (χ2v) is 5.94. The highest BCUT2D eigenvalue weighted by Gasteiger charge is 2.18. The Hall–Kier alpha value is -1.21. The minimum atomic E-state index is -0.494. The lowest BCUT2D eigenvalue weighted by Gasteiger charge is -2.23. The van der Waals surface area contributed by atoms with E-state index in [1.165, 1.54) is 0 Å². The molecule has 0 saturated heterocycles. The second-order valence-electron chi connectivity index (χ2n) is 5.94. The average Bonchev–Trinajstić information content (AvgIpc) is 2.35. The summed E-state index contributed by atoms with van der Waals surface area (Å²) in [5.74, 6) is -0.589. The highest BCUT2D eigenvalue weighted by molar-refractivity contribution is 5.72. The predicted molar refractivity (Wildman–Crippen MR) is 84.2 cm³/mol. The summed E-state index contributed by atoms with van der Waals surface area (Å²) in [6.45, 7) is 10.6. The summed E-state index contributed by atoms with van der Waals surface area (Å²) in [6.07, 6.45) is 0.0831. The maximum Gasteiger partial charge on any atom is 0.320 e. The molecule has 0 rings (SSSR count). The van der Waals surface area contributed by atoms with Crippen molar-refractivity contribution in [3.05, 3.63) is 0 Å². The van der Waals surface area contributed by atoms with Gasteiger partial charge in [0.25, 0.3) is 0 Å². The lowest BCUT2D eigenvalue weighted by molar-refractivity contribution is -0.156. The first kappa shape index (κ1) is 23.1. The number of alkyl halides is 1. The number of nitrogens with two attached hydrogens (primary N) is 1. The van der Waals surface area contributed by atoms with E-state index in [9.17, 15) is 14.0 Å². The minimum Gasteiger partial charge on any atom is -0.462 e. The molecule has 0 bridgehead atoms. The van der Waals surface area contributed by atoms with Crippen LogP contribution in [0.4, 0.5) is 4.39 Å². The van der Waals surface area contributed by atoms with Crippen LogP contribution in [0.5, 0.6) is 0 Å². The number of carbonyl (C=O) groups is 2. The van der Waals surface area contributed by atoms with Crippen molar-refractivity contribution in [2.24, 2.45) is 5.73 Å². The van der Waals surface area contributed by atoms with E-state index < -0.39 is 5.60 Å². The van der Waals surface area contributed by atoms with E-state index in [1.54, 1.807) is 18.7 Å². The molecule has 0 aromatic carbocycles. The van der Waals surface area contributed by atoms with Crippen molar-refractivity contribution in [3.8, 4) is 0 Å². The summed E-state index contributed by atoms with van der Waals surface area (Å²) in [5, 5.41) is 0. The highest BCUT2D eigenvalue weighted by atomic mass is 19.1. The van der Waals surface area contributed by atoms with Crippen LogP contribution in [0.2, 0.25) is 0 Å². The Morgan fingerprint density at radius 3 is 2.09 bits per heavy atom. The molecule has 0 aromatic rings.